The molecule has 2 aliphatic rings. The molecule has 0 N–H and O–H groups in total. The van der Waals surface area contributed by atoms with Gasteiger partial charge < -0.3 is 9.64 Å². The van der Waals surface area contributed by atoms with Gasteiger partial charge in [0.15, 0.2) is 0 Å². The smallest absolute Gasteiger partial charge is 0.272 e. The van der Waals surface area contributed by atoms with E-state index in [0.717, 1.165) is 30.4 Å². The largest absolute Gasteiger partial charge is 0.381 e. The van der Waals surface area contributed by atoms with Crippen molar-refractivity contribution in [1.82, 2.24) is 9.88 Å². The summed E-state index contributed by atoms with van der Waals surface area (Å²) >= 11 is 0. The number of para-hydroxylation sites is 1. The van der Waals surface area contributed by atoms with E-state index < -0.39 is 0 Å². The summed E-state index contributed by atoms with van der Waals surface area (Å²) < 4.78 is 5.64. The van der Waals surface area contributed by atoms with Crippen LogP contribution in [0.5, 0.6) is 0 Å². The van der Waals surface area contributed by atoms with Gasteiger partial charge in [0.2, 0.25) is 0 Å². The molecule has 120 valence electrons. The number of rotatable bonds is 2. The van der Waals surface area contributed by atoms with Crippen molar-refractivity contribution < 1.29 is 9.53 Å². The maximum Gasteiger partial charge on any atom is 0.272 e. The summed E-state index contributed by atoms with van der Waals surface area (Å²) in [5.74, 6) is 1.12. The third-order valence-corrected chi connectivity index (χ3v) is 5.44. The summed E-state index contributed by atoms with van der Waals surface area (Å²) in [6.07, 6.45) is 3.83. The van der Waals surface area contributed by atoms with Crippen molar-refractivity contribution >= 4 is 16.8 Å². The van der Waals surface area contributed by atoms with Crippen molar-refractivity contribution in [2.45, 2.75) is 25.4 Å². The van der Waals surface area contributed by atoms with Crippen LogP contribution in [0.15, 0.2) is 36.4 Å². The Morgan fingerprint density at radius 3 is 2.91 bits per heavy atom. The van der Waals surface area contributed by atoms with Gasteiger partial charge in [-0.3, -0.25) is 4.79 Å². The molecule has 0 spiro atoms. The number of amides is 1. The molecule has 23 heavy (non-hydrogen) atoms. The number of fused-ring (bicyclic) bond motifs is 2. The molecule has 1 saturated heterocycles. The quantitative estimate of drug-likeness (QED) is 0.856. The molecule has 1 aliphatic carbocycles. The minimum atomic E-state index is 0.0556. The van der Waals surface area contributed by atoms with E-state index in [4.69, 9.17) is 4.74 Å². The van der Waals surface area contributed by atoms with Gasteiger partial charge in [-0.25, -0.2) is 4.98 Å². The lowest BCUT2D eigenvalue weighted by Crippen LogP contribution is -2.33. The zero-order valence-electron chi connectivity index (χ0n) is 13.4. The van der Waals surface area contributed by atoms with Crippen molar-refractivity contribution in [2.24, 2.45) is 11.8 Å². The second-order valence-electron chi connectivity index (χ2n) is 6.73. The first-order valence-electron chi connectivity index (χ1n) is 8.44. The lowest BCUT2D eigenvalue weighted by molar-refractivity contribution is 0.0126. The first-order chi connectivity index (χ1) is 11.3. The standard InChI is InChI=1S/C19H22N2O2/c1-23-18-8-4-6-14-11-21(12-15(14)18)19(22)17-10-9-13-5-2-3-7-16(13)20-17/h2-3,5,7,9-10,14-15,18H,4,6,8,11-12H2,1H3/t14-,15+,18-/m1/s1. The van der Waals surface area contributed by atoms with E-state index >= 15 is 0 Å². The number of ether oxygens (including phenoxy) is 1. The van der Waals surface area contributed by atoms with Gasteiger partial charge in [-0.2, -0.15) is 0 Å². The van der Waals surface area contributed by atoms with Crippen molar-refractivity contribution in [1.29, 1.82) is 0 Å². The van der Waals surface area contributed by atoms with Gasteiger partial charge in [-0.15, -0.1) is 0 Å². The third-order valence-electron chi connectivity index (χ3n) is 5.44. The van der Waals surface area contributed by atoms with Gasteiger partial charge in [0.05, 0.1) is 11.6 Å². The van der Waals surface area contributed by atoms with Gasteiger partial charge >= 0.3 is 0 Å². The van der Waals surface area contributed by atoms with Crippen LogP contribution in [0.3, 0.4) is 0 Å². The highest BCUT2D eigenvalue weighted by Gasteiger charge is 2.42. The number of pyridine rings is 1. The zero-order chi connectivity index (χ0) is 15.8. The molecule has 1 aliphatic heterocycles. The highest BCUT2D eigenvalue weighted by atomic mass is 16.5. The molecule has 0 radical (unpaired) electrons. The van der Waals surface area contributed by atoms with E-state index in [-0.39, 0.29) is 5.91 Å². The molecule has 1 aromatic carbocycles. The lowest BCUT2D eigenvalue weighted by Gasteiger charge is -2.31. The van der Waals surface area contributed by atoms with E-state index in [1.807, 2.05) is 41.3 Å². The molecular weight excluding hydrogens is 288 g/mol. The Hall–Kier alpha value is -1.94. The fourth-order valence-corrected chi connectivity index (χ4v) is 4.22. The monoisotopic (exact) mass is 310 g/mol. The van der Waals surface area contributed by atoms with Crippen molar-refractivity contribution in [3.05, 3.63) is 42.1 Å². The van der Waals surface area contributed by atoms with E-state index in [9.17, 15) is 4.79 Å². The summed E-state index contributed by atoms with van der Waals surface area (Å²) in [7, 11) is 1.79. The highest BCUT2D eigenvalue weighted by Crippen LogP contribution is 2.38. The SMILES string of the molecule is CO[C@@H]1CCC[C@@H]2CN(C(=O)c3ccc4ccccc4n3)C[C@@H]21. The number of benzene rings is 1. The Labute approximate surface area is 136 Å². The Morgan fingerprint density at radius 1 is 1.17 bits per heavy atom. The van der Waals surface area contributed by atoms with Gasteiger partial charge in [0.1, 0.15) is 5.69 Å². The molecule has 4 nitrogen and oxygen atoms in total. The van der Waals surface area contributed by atoms with Crippen LogP contribution in [0.1, 0.15) is 29.8 Å². The normalized spacial score (nSPS) is 27.2. The van der Waals surface area contributed by atoms with Crippen LogP contribution >= 0.6 is 0 Å². The Bertz CT molecular complexity index is 730. The van der Waals surface area contributed by atoms with Crippen LogP contribution in [0, 0.1) is 11.8 Å². The Balaban J connectivity index is 1.56. The number of methoxy groups -OCH3 is 1. The number of carbonyl (C=O) groups is 1. The van der Waals surface area contributed by atoms with E-state index in [1.165, 1.54) is 12.8 Å². The molecule has 1 aromatic heterocycles. The van der Waals surface area contributed by atoms with Crippen molar-refractivity contribution in [2.75, 3.05) is 20.2 Å². The predicted molar refractivity (Wildman–Crippen MR) is 89.3 cm³/mol. The maximum atomic E-state index is 12.9. The maximum absolute atomic E-state index is 12.9. The predicted octanol–water partition coefficient (Wildman–Crippen LogP) is 3.12. The molecule has 1 amide bonds. The van der Waals surface area contributed by atoms with Crippen LogP contribution in [0.25, 0.3) is 10.9 Å². The van der Waals surface area contributed by atoms with Gasteiger partial charge in [-0.05, 0) is 30.9 Å². The second-order valence-corrected chi connectivity index (χ2v) is 6.73. The van der Waals surface area contributed by atoms with Crippen LogP contribution in [0.4, 0.5) is 0 Å². The summed E-state index contributed by atoms with van der Waals surface area (Å²) in [6, 6.07) is 11.7. The van der Waals surface area contributed by atoms with E-state index in [0.29, 0.717) is 23.6 Å². The van der Waals surface area contributed by atoms with Gasteiger partial charge in [0.25, 0.3) is 5.91 Å². The third kappa shape index (κ3) is 2.61. The molecule has 1 saturated carbocycles. The van der Waals surface area contributed by atoms with E-state index in [1.54, 1.807) is 7.11 Å². The summed E-state index contributed by atoms with van der Waals surface area (Å²) in [6.45, 7) is 1.65. The number of nitrogens with zero attached hydrogens (tertiary/aromatic N) is 2. The Kier molecular flexibility index (Phi) is 3.77. The molecule has 0 bridgehead atoms. The molecule has 3 atom stereocenters. The molecule has 2 heterocycles. The average molecular weight is 310 g/mol. The number of hydrogen-bond acceptors (Lipinski definition) is 3. The van der Waals surface area contributed by atoms with E-state index in [2.05, 4.69) is 4.98 Å². The number of likely N-dealkylation sites (tertiary alicyclic amines) is 1. The van der Waals surface area contributed by atoms with Crippen LogP contribution in [-0.2, 0) is 4.74 Å². The Morgan fingerprint density at radius 2 is 2.04 bits per heavy atom. The summed E-state index contributed by atoms with van der Waals surface area (Å²) in [5, 5.41) is 1.07. The lowest BCUT2D eigenvalue weighted by atomic mass is 9.79. The van der Waals surface area contributed by atoms with Gasteiger partial charge in [0, 0.05) is 31.5 Å². The minimum absolute atomic E-state index is 0.0556. The number of hydrogen-bond donors (Lipinski definition) is 0. The fourth-order valence-electron chi connectivity index (χ4n) is 4.22. The molecule has 4 heteroatoms. The summed E-state index contributed by atoms with van der Waals surface area (Å²) in [5.41, 5.74) is 1.43. The molecule has 0 unspecified atom stereocenters. The first kappa shape index (κ1) is 14.6. The molecule has 4 rings (SSSR count). The topological polar surface area (TPSA) is 42.4 Å². The molecule has 2 aromatic rings. The first-order valence-corrected chi connectivity index (χ1v) is 8.44. The highest BCUT2D eigenvalue weighted by molar-refractivity contribution is 5.95. The number of carbonyl (C=O) groups excluding carboxylic acids is 1. The molecule has 2 fully saturated rings. The molecular formula is C19H22N2O2. The summed E-state index contributed by atoms with van der Waals surface area (Å²) in [4.78, 5) is 19.4. The van der Waals surface area contributed by atoms with Crippen LogP contribution in [-0.4, -0.2) is 42.1 Å². The fraction of sp³-hybridized carbons (Fsp3) is 0.474. The second kappa shape index (κ2) is 5.93. The van der Waals surface area contributed by atoms with Gasteiger partial charge in [-0.1, -0.05) is 30.7 Å². The average Bonchev–Trinajstić information content (AvgIpc) is 3.04. The zero-order valence-corrected chi connectivity index (χ0v) is 13.4. The number of aromatic nitrogens is 1. The van der Waals surface area contributed by atoms with Crippen molar-refractivity contribution in [3.63, 3.8) is 0 Å². The van der Waals surface area contributed by atoms with Crippen LogP contribution < -0.4 is 0 Å². The minimum Gasteiger partial charge on any atom is -0.381 e. The van der Waals surface area contributed by atoms with Crippen molar-refractivity contribution in [3.8, 4) is 0 Å². The van der Waals surface area contributed by atoms with Crippen LogP contribution in [0.2, 0.25) is 0 Å².